The average Bonchev–Trinajstić information content (AvgIpc) is 1.72. The Balaban J connectivity index is 0.000000221. The summed E-state index contributed by atoms with van der Waals surface area (Å²) in [4.78, 5) is 53.6. The fraction of sp³-hybridized carbons (Fsp3) is 0.790. The fourth-order valence-corrected chi connectivity index (χ4v) is 27.9. The molecule has 1 spiro atoms. The van der Waals surface area contributed by atoms with Gasteiger partial charge in [0, 0.05) is 28.9 Å². The minimum atomic E-state index is -0.658. The Kier molecular flexibility index (Phi) is 36.8. The first-order valence-corrected chi connectivity index (χ1v) is 46.2. The molecule has 96 heavy (non-hydrogen) atoms. The van der Waals surface area contributed by atoms with Crippen molar-refractivity contribution in [3.63, 3.8) is 0 Å². The molecule has 6 saturated carbocycles. The molecule has 15 heteroatoms. The van der Waals surface area contributed by atoms with Gasteiger partial charge in [-0.05, 0) is 287 Å². The number of hydrogen-bond acceptors (Lipinski definition) is 8. The predicted molar refractivity (Wildman–Crippen MR) is 408 cm³/mol. The van der Waals surface area contributed by atoms with E-state index in [0.29, 0.717) is 38.8 Å². The molecule has 2 atom stereocenters. The van der Waals surface area contributed by atoms with Crippen molar-refractivity contribution in [2.75, 3.05) is 13.1 Å². The van der Waals surface area contributed by atoms with E-state index in [1.807, 2.05) is 126 Å². The summed E-state index contributed by atoms with van der Waals surface area (Å²) in [6.07, 6.45) is 58.9. The van der Waals surface area contributed by atoms with Crippen molar-refractivity contribution in [1.29, 1.82) is 0 Å². The monoisotopic (exact) mass is 1500 g/mol. The zero-order valence-electron chi connectivity index (χ0n) is 62.6. The number of benzene rings is 1. The Morgan fingerprint density at radius 1 is 0.469 bits per heavy atom. The summed E-state index contributed by atoms with van der Waals surface area (Å²) >= 11 is -0.346. The van der Waals surface area contributed by atoms with E-state index in [2.05, 4.69) is 32.2 Å². The standard InChI is InChI=1S/C20H33NO4.C18H29NO4.2C18H33P.C7H7.2ClH.Ru/c1-9-11-20(12-10-2)13-15(16(22)24-18(3,4)5)21(14-20)17(23)25-19(6,7)8;1-16(2,3)22-14(20)13-11-18(9-7-8-10-18)12-19(13)15(21)23-17(4,5)6;2*1-4-10-16(11-5-1)19(17-12-6-2-7-13-17)18-14-8-3-9-15-18;1-7-5-3-2-4-6-7;;;/h9-10,15H,1-2,11-14H2,3-8H3;7-8,13H,9-12H2,1-6H3;2*16-18H,1-15H2;2-6H,1H2;2*1H;/q;;;;-1;;;+2/t15-;13-;;;;;;/m00....../s1. The molecule has 2 amide bonds. The summed E-state index contributed by atoms with van der Waals surface area (Å²) in [5.41, 5.74) is 5.73. The Hall–Kier alpha value is -2.15. The van der Waals surface area contributed by atoms with Gasteiger partial charge in [-0.25, -0.2) is 19.2 Å². The molecule has 10 rings (SSSR count). The third-order valence-electron chi connectivity index (χ3n) is 21.4. The van der Waals surface area contributed by atoms with E-state index in [-0.39, 0.29) is 47.8 Å². The Morgan fingerprint density at radius 2 is 0.740 bits per heavy atom. The van der Waals surface area contributed by atoms with Gasteiger partial charge in [0.15, 0.2) is 0 Å². The van der Waals surface area contributed by atoms with Crippen LogP contribution in [0.15, 0.2) is 67.8 Å². The van der Waals surface area contributed by atoms with E-state index < -0.39 is 52.6 Å². The summed E-state index contributed by atoms with van der Waals surface area (Å²) in [5, 5.41) is 0. The van der Waals surface area contributed by atoms with E-state index in [9.17, 15) is 19.2 Å². The normalized spacial score (nSPS) is 23.1. The maximum absolute atomic E-state index is 12.7. The second kappa shape index (κ2) is 41.8. The van der Waals surface area contributed by atoms with E-state index in [1.54, 1.807) is 198 Å². The molecule has 8 fully saturated rings. The molecule has 0 unspecified atom stereocenters. The Morgan fingerprint density at radius 3 is 0.990 bits per heavy atom. The second-order valence-electron chi connectivity index (χ2n) is 34.1. The van der Waals surface area contributed by atoms with Crippen LogP contribution in [0.1, 0.15) is 320 Å². The third-order valence-corrected chi connectivity index (χ3v) is 30.5. The van der Waals surface area contributed by atoms with Crippen LogP contribution >= 0.6 is 35.2 Å². The van der Waals surface area contributed by atoms with Crippen LogP contribution in [0.4, 0.5) is 9.59 Å². The molecule has 2 aliphatic heterocycles. The summed E-state index contributed by atoms with van der Waals surface area (Å²) < 4.78 is 22.1. The van der Waals surface area contributed by atoms with Gasteiger partial charge in [0.25, 0.3) is 0 Å². The van der Waals surface area contributed by atoms with Crippen molar-refractivity contribution >= 4 is 59.4 Å². The summed E-state index contributed by atoms with van der Waals surface area (Å²) in [7, 11) is 9.61. The van der Waals surface area contributed by atoms with Crippen molar-refractivity contribution in [3.8, 4) is 0 Å². The first kappa shape index (κ1) is 84.5. The van der Waals surface area contributed by atoms with Gasteiger partial charge >= 0.3 is 58.7 Å². The molecule has 2 saturated heterocycles. The number of esters is 2. The molecule has 1 aromatic carbocycles. The molecular formula is C81H137Cl2N2O8P2Ru+. The number of nitrogens with zero attached hydrogens (tertiary/aromatic N) is 2. The quantitative estimate of drug-likeness (QED) is 0.0508. The number of likely N-dealkylation sites (tertiary alicyclic amines) is 2. The molecule has 2 heterocycles. The van der Waals surface area contributed by atoms with Gasteiger partial charge in [0.05, 0.1) is 34.0 Å². The van der Waals surface area contributed by atoms with Crippen molar-refractivity contribution in [2.24, 2.45) is 10.8 Å². The van der Waals surface area contributed by atoms with Crippen LogP contribution in [-0.2, 0) is 43.7 Å². The summed E-state index contributed by atoms with van der Waals surface area (Å²) in [6.45, 7) is 34.2. The molecular weight excluding hydrogens is 1360 g/mol. The Bertz CT molecular complexity index is 2220. The first-order chi connectivity index (χ1) is 45.4. The average molecular weight is 1500 g/mol. The molecule has 0 aromatic heterocycles. The van der Waals surface area contributed by atoms with Gasteiger partial charge in [-0.2, -0.15) is 24.6 Å². The number of amides is 2. The number of hydrogen-bond donors (Lipinski definition) is 0. The van der Waals surface area contributed by atoms with Crippen LogP contribution < -0.4 is 0 Å². The van der Waals surface area contributed by atoms with E-state index >= 15 is 0 Å². The molecule has 0 bridgehead atoms. The predicted octanol–water partition coefficient (Wildman–Crippen LogP) is 23.8. The van der Waals surface area contributed by atoms with Crippen LogP contribution in [0.5, 0.6) is 0 Å². The van der Waals surface area contributed by atoms with Crippen molar-refractivity contribution in [2.45, 2.75) is 383 Å². The minimum absolute atomic E-state index is 0.0432. The van der Waals surface area contributed by atoms with Crippen molar-refractivity contribution in [3.05, 3.63) is 80.3 Å². The van der Waals surface area contributed by atoms with E-state index in [0.717, 1.165) is 18.4 Å². The van der Waals surface area contributed by atoms with Gasteiger partial charge in [-0.3, -0.25) is 9.80 Å². The number of ether oxygens (including phenoxy) is 4. The summed E-state index contributed by atoms with van der Waals surface area (Å²) in [6, 6.07) is 8.65. The molecule has 0 radical (unpaired) electrons. The van der Waals surface area contributed by atoms with Crippen LogP contribution in [-0.4, -0.2) is 115 Å². The van der Waals surface area contributed by atoms with Crippen LogP contribution in [0.25, 0.3) is 0 Å². The van der Waals surface area contributed by atoms with Gasteiger partial charge in [0.1, 0.15) is 34.5 Å². The maximum atomic E-state index is 12.7. The van der Waals surface area contributed by atoms with Crippen LogP contribution in [0.3, 0.4) is 0 Å². The van der Waals surface area contributed by atoms with Gasteiger partial charge in [-0.15, -0.1) is 25.3 Å². The molecule has 9 aliphatic rings. The van der Waals surface area contributed by atoms with Gasteiger partial charge < -0.3 is 18.9 Å². The topological polar surface area (TPSA) is 112 Å². The molecule has 10 nitrogen and oxygen atoms in total. The third kappa shape index (κ3) is 30.0. The molecule has 0 N–H and O–H groups in total. The SMILES string of the molecule is C1CCC([PH+](C2CCCCC2)C2CCCCC2)CC1.C1CCC([PH+](C2CCCCC2)C2CCCCC2)CC1.C=CCC1(CC=C)C[C@@H](C(=O)OC(C)(C)C)N(C(=O)OC(C)(C)C)C1.CC(C)(C)OC(=O)[C@@H]1CC2(CC=CC2)CN1C(=O)OC(C)(C)C.[CH2-]c1ccccc1.[Cl][Ru][Cl]. The zero-order chi connectivity index (χ0) is 70.6. The summed E-state index contributed by atoms with van der Waals surface area (Å²) in [5.74, 6) is -0.736. The molecule has 7 aliphatic carbocycles. The first-order valence-electron chi connectivity index (χ1n) is 38.2. The number of rotatable bonds is 12. The molecule has 1 aromatic rings. The van der Waals surface area contributed by atoms with Crippen LogP contribution in [0.2, 0.25) is 0 Å². The van der Waals surface area contributed by atoms with E-state index in [4.69, 9.17) is 38.3 Å². The molecule has 550 valence electrons. The zero-order valence-corrected chi connectivity index (χ0v) is 67.8. The van der Waals surface area contributed by atoms with Crippen molar-refractivity contribution in [1.82, 2.24) is 9.80 Å². The number of carbonyl (C=O) groups excluding carboxylic acids is 4. The van der Waals surface area contributed by atoms with E-state index in [1.165, 1.54) is 38.9 Å². The Labute approximate surface area is 605 Å². The van der Waals surface area contributed by atoms with Crippen molar-refractivity contribution < 1.29 is 53.3 Å². The number of allylic oxidation sites excluding steroid dienone is 4. The fourth-order valence-electron chi connectivity index (χ4n) is 17.4. The number of carbonyl (C=O) groups is 4. The van der Waals surface area contributed by atoms with Gasteiger partial charge in [-0.1, -0.05) is 68.9 Å². The second-order valence-corrected chi connectivity index (χ2v) is 43.7. The van der Waals surface area contributed by atoms with Crippen LogP contribution in [0, 0.1) is 17.8 Å². The van der Waals surface area contributed by atoms with Gasteiger partial charge in [0.2, 0.25) is 0 Å². The number of halogens is 2.